The summed E-state index contributed by atoms with van der Waals surface area (Å²) in [5.74, 6) is 3.02. The Morgan fingerprint density at radius 1 is 1.10 bits per heavy atom. The molecular weight excluding hydrogens is 282 g/mol. The van der Waals surface area contributed by atoms with Crippen molar-refractivity contribution in [2.24, 2.45) is 0 Å². The number of hydrogen-bond donors (Lipinski definition) is 1. The predicted molar refractivity (Wildman–Crippen MR) is 88.8 cm³/mol. The standard InChI is InChI=1S/C17H25NO2S/c1-16(2,3)20-13-12-15(14-10-8-7-9-11-14)18-21(19)17(4,5)6/h7-11,15,18H,1-6H3/t15-,21+/m1/s1. The molecule has 1 rings (SSSR count). The van der Waals surface area contributed by atoms with Gasteiger partial charge in [-0.05, 0) is 53.0 Å². The van der Waals surface area contributed by atoms with Gasteiger partial charge in [-0.3, -0.25) is 0 Å². The van der Waals surface area contributed by atoms with Crippen molar-refractivity contribution in [1.82, 2.24) is 4.72 Å². The molecule has 0 aromatic heterocycles. The number of ether oxygens (including phenoxy) is 1. The smallest absolute Gasteiger partial charge is 0.112 e. The molecule has 0 amide bonds. The van der Waals surface area contributed by atoms with Gasteiger partial charge in [-0.25, -0.2) is 8.93 Å². The molecule has 116 valence electrons. The van der Waals surface area contributed by atoms with E-state index in [1.54, 1.807) is 0 Å². The normalized spacial score (nSPS) is 14.8. The number of rotatable bonds is 3. The summed E-state index contributed by atoms with van der Waals surface area (Å²) in [5.41, 5.74) is 0.650. The Hall–Kier alpha value is -1.31. The van der Waals surface area contributed by atoms with Crippen LogP contribution in [-0.2, 0) is 15.7 Å². The van der Waals surface area contributed by atoms with Crippen LogP contribution in [0.25, 0.3) is 0 Å². The fourth-order valence-electron chi connectivity index (χ4n) is 1.35. The second kappa shape index (κ2) is 7.11. The fraction of sp³-hybridized carbons (Fsp3) is 0.529. The van der Waals surface area contributed by atoms with Gasteiger partial charge in [0, 0.05) is 0 Å². The third-order valence-corrected chi connectivity index (χ3v) is 4.04. The van der Waals surface area contributed by atoms with Crippen LogP contribution in [0.2, 0.25) is 0 Å². The van der Waals surface area contributed by atoms with E-state index in [0.29, 0.717) is 0 Å². The molecule has 0 aliphatic rings. The van der Waals surface area contributed by atoms with Gasteiger partial charge in [0.2, 0.25) is 0 Å². The summed E-state index contributed by atoms with van der Waals surface area (Å²) in [4.78, 5) is 0. The Bertz CT molecular complexity index is 530. The van der Waals surface area contributed by atoms with Crippen LogP contribution in [0.4, 0.5) is 0 Å². The highest BCUT2D eigenvalue weighted by Crippen LogP contribution is 2.17. The monoisotopic (exact) mass is 307 g/mol. The van der Waals surface area contributed by atoms with Gasteiger partial charge in [-0.15, -0.1) is 0 Å². The topological polar surface area (TPSA) is 38.3 Å². The molecule has 1 N–H and O–H groups in total. The highest BCUT2D eigenvalue weighted by molar-refractivity contribution is 7.84. The molecule has 1 aromatic carbocycles. The summed E-state index contributed by atoms with van der Waals surface area (Å²) in [5, 5.41) is 0. The Labute approximate surface area is 131 Å². The van der Waals surface area contributed by atoms with Crippen molar-refractivity contribution in [3.05, 3.63) is 35.9 Å². The van der Waals surface area contributed by atoms with Crippen LogP contribution in [0.3, 0.4) is 0 Å². The quantitative estimate of drug-likeness (QED) is 0.867. The number of benzene rings is 1. The second-order valence-corrected chi connectivity index (χ2v) is 8.80. The zero-order valence-corrected chi connectivity index (χ0v) is 14.5. The summed E-state index contributed by atoms with van der Waals surface area (Å²) >= 11 is 0. The first-order chi connectivity index (χ1) is 9.59. The van der Waals surface area contributed by atoms with E-state index in [4.69, 9.17) is 4.74 Å². The van der Waals surface area contributed by atoms with E-state index in [9.17, 15) is 4.21 Å². The molecule has 0 bridgehead atoms. The van der Waals surface area contributed by atoms with Crippen molar-refractivity contribution in [3.8, 4) is 12.0 Å². The zero-order chi connectivity index (χ0) is 16.1. The lowest BCUT2D eigenvalue weighted by molar-refractivity contribution is 0.0960. The molecule has 0 aliphatic heterocycles. The minimum Gasteiger partial charge on any atom is -0.441 e. The van der Waals surface area contributed by atoms with E-state index < -0.39 is 11.0 Å². The van der Waals surface area contributed by atoms with Crippen molar-refractivity contribution < 1.29 is 8.95 Å². The predicted octanol–water partition coefficient (Wildman–Crippen LogP) is 3.56. The maximum atomic E-state index is 12.3. The SMILES string of the molecule is CC(C)(C)OC#C[C@@H](N[S@@](=O)C(C)(C)C)c1ccccc1. The number of nitrogens with one attached hydrogen (secondary N) is 1. The first-order valence-corrected chi connectivity index (χ1v) is 8.16. The van der Waals surface area contributed by atoms with E-state index >= 15 is 0 Å². The highest BCUT2D eigenvalue weighted by Gasteiger charge is 2.23. The fourth-order valence-corrected chi connectivity index (χ4v) is 2.11. The largest absolute Gasteiger partial charge is 0.441 e. The molecular formula is C17H25NO2S. The van der Waals surface area contributed by atoms with Crippen LogP contribution in [0.5, 0.6) is 0 Å². The van der Waals surface area contributed by atoms with Crippen molar-refractivity contribution >= 4 is 11.0 Å². The number of hydrogen-bond acceptors (Lipinski definition) is 2. The molecule has 21 heavy (non-hydrogen) atoms. The van der Waals surface area contributed by atoms with E-state index in [0.717, 1.165) is 5.56 Å². The van der Waals surface area contributed by atoms with Crippen molar-refractivity contribution in [2.75, 3.05) is 0 Å². The Morgan fingerprint density at radius 2 is 1.67 bits per heavy atom. The third-order valence-electron chi connectivity index (χ3n) is 2.47. The molecule has 3 nitrogen and oxygen atoms in total. The van der Waals surface area contributed by atoms with E-state index in [-0.39, 0.29) is 16.4 Å². The van der Waals surface area contributed by atoms with Gasteiger partial charge < -0.3 is 4.74 Å². The third kappa shape index (κ3) is 6.79. The van der Waals surface area contributed by atoms with Crippen molar-refractivity contribution in [2.45, 2.75) is 57.9 Å². The van der Waals surface area contributed by atoms with E-state index in [1.165, 1.54) is 0 Å². The van der Waals surface area contributed by atoms with Crippen LogP contribution in [0.1, 0.15) is 53.1 Å². The second-order valence-electron chi connectivity index (χ2n) is 6.80. The first kappa shape index (κ1) is 17.7. The Morgan fingerprint density at radius 3 is 2.14 bits per heavy atom. The lowest BCUT2D eigenvalue weighted by atomic mass is 10.1. The summed E-state index contributed by atoms with van der Waals surface area (Å²) in [6.07, 6.45) is 2.73. The van der Waals surface area contributed by atoms with Gasteiger partial charge in [0.05, 0.1) is 15.7 Å². The average molecular weight is 307 g/mol. The van der Waals surface area contributed by atoms with E-state index in [2.05, 4.69) is 16.7 Å². The van der Waals surface area contributed by atoms with Crippen LogP contribution in [0.15, 0.2) is 30.3 Å². The van der Waals surface area contributed by atoms with Gasteiger partial charge in [0.15, 0.2) is 0 Å². The maximum absolute atomic E-state index is 12.3. The average Bonchev–Trinajstić information content (AvgIpc) is 2.36. The molecule has 2 atom stereocenters. The minimum absolute atomic E-state index is 0.322. The van der Waals surface area contributed by atoms with Gasteiger partial charge >= 0.3 is 0 Å². The van der Waals surface area contributed by atoms with Gasteiger partial charge in [-0.2, -0.15) is 0 Å². The lowest BCUT2D eigenvalue weighted by Gasteiger charge is -2.22. The van der Waals surface area contributed by atoms with Crippen molar-refractivity contribution in [3.63, 3.8) is 0 Å². The molecule has 0 radical (unpaired) electrons. The van der Waals surface area contributed by atoms with Gasteiger partial charge in [-0.1, -0.05) is 30.3 Å². The molecule has 0 unspecified atom stereocenters. The van der Waals surface area contributed by atoms with E-state index in [1.807, 2.05) is 71.9 Å². The summed E-state index contributed by atoms with van der Waals surface area (Å²) < 4.78 is 20.5. The summed E-state index contributed by atoms with van der Waals surface area (Å²) in [7, 11) is -1.20. The van der Waals surface area contributed by atoms with Crippen LogP contribution < -0.4 is 4.72 Å². The van der Waals surface area contributed by atoms with Gasteiger partial charge in [0.25, 0.3) is 0 Å². The van der Waals surface area contributed by atoms with Crippen LogP contribution in [-0.4, -0.2) is 14.6 Å². The molecule has 0 fully saturated rings. The maximum Gasteiger partial charge on any atom is 0.112 e. The lowest BCUT2D eigenvalue weighted by Crippen LogP contribution is -2.35. The molecule has 0 heterocycles. The Balaban J connectivity index is 2.94. The summed E-state index contributed by atoms with van der Waals surface area (Å²) in [6, 6.07) is 9.42. The molecule has 4 heteroatoms. The molecule has 0 saturated carbocycles. The van der Waals surface area contributed by atoms with Crippen LogP contribution in [0, 0.1) is 12.0 Å². The Kier molecular flexibility index (Phi) is 6.00. The highest BCUT2D eigenvalue weighted by atomic mass is 32.2. The molecule has 0 aliphatic carbocycles. The minimum atomic E-state index is -1.20. The molecule has 1 aromatic rings. The summed E-state index contributed by atoms with van der Waals surface area (Å²) in [6.45, 7) is 11.6. The van der Waals surface area contributed by atoms with Gasteiger partial charge in [0.1, 0.15) is 17.7 Å². The van der Waals surface area contributed by atoms with Crippen molar-refractivity contribution in [1.29, 1.82) is 0 Å². The molecule has 0 spiro atoms. The zero-order valence-electron chi connectivity index (χ0n) is 13.7. The molecule has 0 saturated heterocycles. The first-order valence-electron chi connectivity index (χ1n) is 7.01. The van der Waals surface area contributed by atoms with Crippen LogP contribution >= 0.6 is 0 Å².